The fourth-order valence-electron chi connectivity index (χ4n) is 4.88. The maximum Gasteiger partial charge on any atom is 0.390 e. The number of rotatable bonds is 9. The molecule has 2 heterocycles. The first kappa shape index (κ1) is 30.0. The average molecular weight is 588 g/mol. The van der Waals surface area contributed by atoms with Gasteiger partial charge in [-0.1, -0.05) is 17.7 Å². The maximum absolute atomic E-state index is 14.9. The first-order valence-electron chi connectivity index (χ1n) is 13.1. The molecular weight excluding hydrogens is 557 g/mol. The van der Waals surface area contributed by atoms with Gasteiger partial charge in [0.25, 0.3) is 5.91 Å². The molecule has 2 amide bonds. The van der Waals surface area contributed by atoms with E-state index in [9.17, 15) is 31.5 Å². The summed E-state index contributed by atoms with van der Waals surface area (Å²) in [5.41, 5.74) is 0.231. The van der Waals surface area contributed by atoms with Crippen molar-refractivity contribution in [3.8, 4) is 0 Å². The van der Waals surface area contributed by atoms with Crippen molar-refractivity contribution in [2.75, 3.05) is 56.0 Å². The highest BCUT2D eigenvalue weighted by Crippen LogP contribution is 2.31. The van der Waals surface area contributed by atoms with Crippen LogP contribution in [0, 0.1) is 17.6 Å². The number of amides is 2. The molecule has 218 valence electrons. The zero-order chi connectivity index (χ0) is 28.9. The number of carbonyl (C=O) groups excluding carboxylic acids is 2. The summed E-state index contributed by atoms with van der Waals surface area (Å²) in [5.74, 6) is -3.48. The third-order valence-electron chi connectivity index (χ3n) is 7.15. The van der Waals surface area contributed by atoms with Crippen molar-refractivity contribution in [1.29, 1.82) is 0 Å². The first-order valence-corrected chi connectivity index (χ1v) is 13.5. The monoisotopic (exact) mass is 587 g/mol. The third kappa shape index (κ3) is 8.05. The highest BCUT2D eigenvalue weighted by atomic mass is 35.5. The Morgan fingerprint density at radius 1 is 1.05 bits per heavy atom. The summed E-state index contributed by atoms with van der Waals surface area (Å²) in [4.78, 5) is 28.7. The van der Waals surface area contributed by atoms with Gasteiger partial charge in [-0.05, 0) is 49.7 Å². The van der Waals surface area contributed by atoms with Crippen LogP contribution in [0.4, 0.5) is 33.3 Å². The number of benzene rings is 2. The summed E-state index contributed by atoms with van der Waals surface area (Å²) in [6.45, 7) is 2.83. The smallest absolute Gasteiger partial charge is 0.367 e. The summed E-state index contributed by atoms with van der Waals surface area (Å²) in [5, 5.41) is 8.74. The molecule has 40 heavy (non-hydrogen) atoms. The Morgan fingerprint density at radius 2 is 1.80 bits per heavy atom. The van der Waals surface area contributed by atoms with Gasteiger partial charge in [-0.3, -0.25) is 14.5 Å². The van der Waals surface area contributed by atoms with Crippen molar-refractivity contribution in [1.82, 2.24) is 15.5 Å². The SMILES string of the molecule is O=C(CC1CCNC1)NCc1ccc(C(=O)Nc2ccc(Cl)cc2N2CCN(CCC(F)(F)F)CC2)c(F)c1F. The Kier molecular flexibility index (Phi) is 9.85. The predicted molar refractivity (Wildman–Crippen MR) is 143 cm³/mol. The summed E-state index contributed by atoms with van der Waals surface area (Å²) >= 11 is 6.16. The Hall–Kier alpha value is -2.96. The fraction of sp³-hybridized carbons (Fsp3) is 0.481. The molecule has 0 saturated carbocycles. The van der Waals surface area contributed by atoms with Gasteiger partial charge in [-0.2, -0.15) is 13.2 Å². The van der Waals surface area contributed by atoms with Crippen LogP contribution < -0.4 is 20.9 Å². The minimum Gasteiger partial charge on any atom is -0.367 e. The number of carbonyl (C=O) groups is 2. The van der Waals surface area contributed by atoms with Crippen LogP contribution in [0.2, 0.25) is 5.02 Å². The van der Waals surface area contributed by atoms with Crippen LogP contribution >= 0.6 is 11.6 Å². The fourth-order valence-corrected chi connectivity index (χ4v) is 5.04. The van der Waals surface area contributed by atoms with Gasteiger partial charge in [-0.15, -0.1) is 0 Å². The highest BCUT2D eigenvalue weighted by Gasteiger charge is 2.29. The van der Waals surface area contributed by atoms with Crippen LogP contribution in [-0.4, -0.2) is 68.7 Å². The molecule has 2 aliphatic heterocycles. The molecule has 2 aliphatic rings. The molecular formula is C27H31ClF5N5O2. The second-order valence-electron chi connectivity index (χ2n) is 10.0. The van der Waals surface area contributed by atoms with Gasteiger partial charge < -0.3 is 20.9 Å². The molecule has 2 fully saturated rings. The van der Waals surface area contributed by atoms with E-state index in [0.717, 1.165) is 25.6 Å². The normalized spacial score (nSPS) is 18.1. The molecule has 7 nitrogen and oxygen atoms in total. The largest absolute Gasteiger partial charge is 0.390 e. The number of halogens is 6. The molecule has 0 aliphatic carbocycles. The van der Waals surface area contributed by atoms with Crippen molar-refractivity contribution in [2.45, 2.75) is 32.0 Å². The second kappa shape index (κ2) is 13.1. The van der Waals surface area contributed by atoms with E-state index >= 15 is 0 Å². The molecule has 1 unspecified atom stereocenters. The van der Waals surface area contributed by atoms with Crippen molar-refractivity contribution in [3.63, 3.8) is 0 Å². The number of piperazine rings is 1. The van der Waals surface area contributed by atoms with E-state index in [1.807, 2.05) is 4.90 Å². The highest BCUT2D eigenvalue weighted by molar-refractivity contribution is 6.31. The van der Waals surface area contributed by atoms with Crippen molar-refractivity contribution in [3.05, 3.63) is 58.1 Å². The van der Waals surface area contributed by atoms with E-state index in [4.69, 9.17) is 11.6 Å². The molecule has 0 spiro atoms. The number of nitrogens with one attached hydrogen (secondary N) is 3. The van der Waals surface area contributed by atoms with Gasteiger partial charge in [0.05, 0.1) is 23.4 Å². The van der Waals surface area contributed by atoms with Crippen LogP contribution in [0.15, 0.2) is 30.3 Å². The Balaban J connectivity index is 1.39. The van der Waals surface area contributed by atoms with E-state index in [0.29, 0.717) is 49.0 Å². The lowest BCUT2D eigenvalue weighted by atomic mass is 10.0. The summed E-state index contributed by atoms with van der Waals surface area (Å²) in [6, 6.07) is 7.08. The van der Waals surface area contributed by atoms with Crippen LogP contribution in [-0.2, 0) is 11.3 Å². The van der Waals surface area contributed by atoms with E-state index in [-0.39, 0.29) is 30.5 Å². The van der Waals surface area contributed by atoms with Gasteiger partial charge in [0.15, 0.2) is 11.6 Å². The molecule has 1 atom stereocenters. The molecule has 0 radical (unpaired) electrons. The van der Waals surface area contributed by atoms with Crippen LogP contribution in [0.5, 0.6) is 0 Å². The number of nitrogens with zero attached hydrogens (tertiary/aromatic N) is 2. The zero-order valence-electron chi connectivity index (χ0n) is 21.7. The lowest BCUT2D eigenvalue weighted by Crippen LogP contribution is -2.47. The summed E-state index contributed by atoms with van der Waals surface area (Å²) < 4.78 is 67.4. The lowest BCUT2D eigenvalue weighted by molar-refractivity contribution is -0.138. The molecule has 2 aromatic carbocycles. The minimum absolute atomic E-state index is 0.0810. The van der Waals surface area contributed by atoms with Crippen molar-refractivity contribution < 1.29 is 31.5 Å². The topological polar surface area (TPSA) is 76.7 Å². The van der Waals surface area contributed by atoms with E-state index in [1.54, 1.807) is 11.0 Å². The standard InChI is InChI=1S/C27H31ClF5N5O2/c28-19-2-4-21(22(14-19)38-11-9-37(10-12-38)8-6-27(31,32)33)36-26(40)20-3-1-18(24(29)25(20)30)16-35-23(39)13-17-5-7-34-15-17/h1-4,14,17,34H,5-13,15-16H2,(H,35,39)(H,36,40). The number of alkyl halides is 3. The molecule has 2 saturated heterocycles. The number of hydrogen-bond acceptors (Lipinski definition) is 5. The Labute approximate surface area is 234 Å². The van der Waals surface area contributed by atoms with Crippen molar-refractivity contribution >= 4 is 34.8 Å². The molecule has 3 N–H and O–H groups in total. The molecule has 2 aromatic rings. The third-order valence-corrected chi connectivity index (χ3v) is 7.39. The predicted octanol–water partition coefficient (Wildman–Crippen LogP) is 4.56. The maximum atomic E-state index is 14.9. The van der Waals surface area contributed by atoms with Crippen LogP contribution in [0.3, 0.4) is 0 Å². The molecule has 4 rings (SSSR count). The van der Waals surface area contributed by atoms with Gasteiger partial charge in [0, 0.05) is 56.3 Å². The Morgan fingerprint density at radius 3 is 2.48 bits per heavy atom. The average Bonchev–Trinajstić information content (AvgIpc) is 3.42. The minimum atomic E-state index is -4.23. The summed E-state index contributed by atoms with van der Waals surface area (Å²) in [6.07, 6.45) is -3.94. The number of hydrogen-bond donors (Lipinski definition) is 3. The number of anilines is 2. The van der Waals surface area contributed by atoms with Gasteiger partial charge in [-0.25, -0.2) is 8.78 Å². The quantitative estimate of drug-likeness (QED) is 0.375. The van der Waals surface area contributed by atoms with E-state index in [1.165, 1.54) is 18.2 Å². The first-order chi connectivity index (χ1) is 19.0. The molecule has 0 bridgehead atoms. The van der Waals surface area contributed by atoms with Crippen LogP contribution in [0.25, 0.3) is 0 Å². The van der Waals surface area contributed by atoms with Crippen molar-refractivity contribution in [2.24, 2.45) is 5.92 Å². The Bertz CT molecular complexity index is 1210. The lowest BCUT2D eigenvalue weighted by Gasteiger charge is -2.37. The second-order valence-corrected chi connectivity index (χ2v) is 10.5. The zero-order valence-corrected chi connectivity index (χ0v) is 22.5. The van der Waals surface area contributed by atoms with E-state index < -0.39 is 35.7 Å². The van der Waals surface area contributed by atoms with E-state index in [2.05, 4.69) is 16.0 Å². The molecule has 0 aromatic heterocycles. The molecule has 13 heteroatoms. The summed E-state index contributed by atoms with van der Waals surface area (Å²) in [7, 11) is 0. The van der Waals surface area contributed by atoms with Crippen LogP contribution in [0.1, 0.15) is 35.2 Å². The van der Waals surface area contributed by atoms with Gasteiger partial charge in [0.1, 0.15) is 0 Å². The van der Waals surface area contributed by atoms with Gasteiger partial charge >= 0.3 is 6.18 Å². The van der Waals surface area contributed by atoms with Gasteiger partial charge in [0.2, 0.25) is 5.91 Å².